The van der Waals surface area contributed by atoms with Gasteiger partial charge in [0, 0.05) is 9.37 Å². The molecular formula is C8H8BrClS. The number of thioether (sulfide) groups is 1. The van der Waals surface area contributed by atoms with E-state index in [1.54, 1.807) is 11.8 Å². The van der Waals surface area contributed by atoms with E-state index in [1.165, 1.54) is 0 Å². The summed E-state index contributed by atoms with van der Waals surface area (Å²) in [7, 11) is 0. The number of aryl methyl sites for hydroxylation is 1. The molecule has 0 nitrogen and oxygen atoms in total. The first-order valence-electron chi connectivity index (χ1n) is 3.15. The normalized spacial score (nSPS) is 10.2. The molecule has 0 fully saturated rings. The van der Waals surface area contributed by atoms with Crippen LogP contribution in [0.15, 0.2) is 21.5 Å². The molecule has 0 saturated heterocycles. The van der Waals surface area contributed by atoms with Crippen LogP contribution in [0.1, 0.15) is 5.56 Å². The van der Waals surface area contributed by atoms with Crippen LogP contribution in [0.5, 0.6) is 0 Å². The van der Waals surface area contributed by atoms with Gasteiger partial charge >= 0.3 is 0 Å². The zero-order valence-corrected chi connectivity index (χ0v) is 9.48. The van der Waals surface area contributed by atoms with Crippen molar-refractivity contribution in [3.8, 4) is 0 Å². The first-order chi connectivity index (χ1) is 5.16. The van der Waals surface area contributed by atoms with Crippen molar-refractivity contribution in [2.45, 2.75) is 11.8 Å². The Morgan fingerprint density at radius 2 is 2.09 bits per heavy atom. The van der Waals surface area contributed by atoms with Crippen LogP contribution < -0.4 is 0 Å². The molecule has 60 valence electrons. The highest BCUT2D eigenvalue weighted by Gasteiger charge is 2.05. The molecule has 1 aromatic rings. The summed E-state index contributed by atoms with van der Waals surface area (Å²) < 4.78 is 1.07. The molecule has 0 aliphatic heterocycles. The Morgan fingerprint density at radius 3 is 2.55 bits per heavy atom. The average molecular weight is 252 g/mol. The van der Waals surface area contributed by atoms with Crippen LogP contribution in [0.2, 0.25) is 5.02 Å². The molecule has 0 N–H and O–H groups in total. The Morgan fingerprint density at radius 1 is 1.45 bits per heavy atom. The van der Waals surface area contributed by atoms with Crippen molar-refractivity contribution in [2.24, 2.45) is 0 Å². The highest BCUT2D eigenvalue weighted by atomic mass is 79.9. The second-order valence-electron chi connectivity index (χ2n) is 2.21. The van der Waals surface area contributed by atoms with E-state index in [1.807, 2.05) is 25.3 Å². The van der Waals surface area contributed by atoms with Crippen LogP contribution in [-0.2, 0) is 0 Å². The fourth-order valence-electron chi connectivity index (χ4n) is 0.818. The summed E-state index contributed by atoms with van der Waals surface area (Å²) in [6, 6.07) is 4.03. The smallest absolute Gasteiger partial charge is 0.0582 e. The van der Waals surface area contributed by atoms with Crippen molar-refractivity contribution in [3.63, 3.8) is 0 Å². The van der Waals surface area contributed by atoms with Crippen LogP contribution in [0.25, 0.3) is 0 Å². The fourth-order valence-corrected chi connectivity index (χ4v) is 2.75. The van der Waals surface area contributed by atoms with E-state index in [0.717, 1.165) is 20.0 Å². The molecule has 11 heavy (non-hydrogen) atoms. The molecule has 0 spiro atoms. The molecule has 0 saturated carbocycles. The van der Waals surface area contributed by atoms with Gasteiger partial charge in [-0.25, -0.2) is 0 Å². The van der Waals surface area contributed by atoms with Gasteiger partial charge in [0.15, 0.2) is 0 Å². The van der Waals surface area contributed by atoms with Crippen molar-refractivity contribution >= 4 is 39.3 Å². The van der Waals surface area contributed by atoms with Crippen molar-refractivity contribution in [3.05, 3.63) is 27.2 Å². The minimum atomic E-state index is 0.854. The Hall–Kier alpha value is 0.340. The molecule has 0 bridgehead atoms. The first-order valence-corrected chi connectivity index (χ1v) is 5.55. The minimum absolute atomic E-state index is 0.854. The van der Waals surface area contributed by atoms with Gasteiger partial charge in [-0.3, -0.25) is 0 Å². The highest BCUT2D eigenvalue weighted by molar-refractivity contribution is 9.10. The summed E-state index contributed by atoms with van der Waals surface area (Å²) in [4.78, 5) is 1.12. The van der Waals surface area contributed by atoms with E-state index in [-0.39, 0.29) is 0 Å². The fraction of sp³-hybridized carbons (Fsp3) is 0.250. The second kappa shape index (κ2) is 3.83. The molecule has 1 rings (SSSR count). The standard InChI is InChI=1S/C8H8BrClS/c1-5-3-4-6(9)8(11-2)7(5)10/h3-4H,1-2H3. The molecule has 3 heteroatoms. The van der Waals surface area contributed by atoms with Gasteiger partial charge < -0.3 is 0 Å². The Labute approximate surface area is 84.5 Å². The maximum absolute atomic E-state index is 6.05. The van der Waals surface area contributed by atoms with E-state index in [0.29, 0.717) is 0 Å². The molecule has 0 heterocycles. The predicted molar refractivity (Wildman–Crippen MR) is 55.7 cm³/mol. The third-order valence-corrected chi connectivity index (χ3v) is 3.80. The predicted octanol–water partition coefficient (Wildman–Crippen LogP) is 4.13. The maximum Gasteiger partial charge on any atom is 0.0582 e. The quantitative estimate of drug-likeness (QED) is 0.676. The maximum atomic E-state index is 6.05. The molecule has 0 aromatic heterocycles. The second-order valence-corrected chi connectivity index (χ2v) is 4.26. The number of hydrogen-bond donors (Lipinski definition) is 0. The van der Waals surface area contributed by atoms with Gasteiger partial charge in [-0.1, -0.05) is 17.7 Å². The molecule has 0 amide bonds. The third-order valence-electron chi connectivity index (χ3n) is 1.45. The lowest BCUT2D eigenvalue weighted by Crippen LogP contribution is -1.80. The molecule has 0 radical (unpaired) electrons. The molecule has 0 aliphatic carbocycles. The van der Waals surface area contributed by atoms with Crippen molar-refractivity contribution in [2.75, 3.05) is 6.26 Å². The number of rotatable bonds is 1. The summed E-state index contributed by atoms with van der Waals surface area (Å²) in [5.74, 6) is 0. The van der Waals surface area contributed by atoms with Crippen LogP contribution in [0.4, 0.5) is 0 Å². The Bertz CT molecular complexity index is 273. The van der Waals surface area contributed by atoms with E-state index in [9.17, 15) is 0 Å². The van der Waals surface area contributed by atoms with Crippen LogP contribution in [0, 0.1) is 6.92 Å². The Balaban J connectivity index is 3.29. The summed E-state index contributed by atoms with van der Waals surface area (Å²) in [6.45, 7) is 2.01. The summed E-state index contributed by atoms with van der Waals surface area (Å²) in [6.07, 6.45) is 2.02. The van der Waals surface area contributed by atoms with Gasteiger partial charge in [0.1, 0.15) is 0 Å². The summed E-state index contributed by atoms with van der Waals surface area (Å²) in [5, 5.41) is 0.854. The first kappa shape index (κ1) is 9.43. The lowest BCUT2D eigenvalue weighted by molar-refractivity contribution is 1.33. The van der Waals surface area contributed by atoms with Gasteiger partial charge in [-0.15, -0.1) is 11.8 Å². The number of halogens is 2. The zero-order chi connectivity index (χ0) is 8.43. The van der Waals surface area contributed by atoms with Crippen molar-refractivity contribution in [1.82, 2.24) is 0 Å². The van der Waals surface area contributed by atoms with Crippen LogP contribution in [-0.4, -0.2) is 6.26 Å². The van der Waals surface area contributed by atoms with Crippen molar-refractivity contribution in [1.29, 1.82) is 0 Å². The number of benzene rings is 1. The third kappa shape index (κ3) is 1.92. The van der Waals surface area contributed by atoms with E-state index in [4.69, 9.17) is 11.6 Å². The van der Waals surface area contributed by atoms with Gasteiger partial charge in [-0.2, -0.15) is 0 Å². The van der Waals surface area contributed by atoms with Gasteiger partial charge in [-0.05, 0) is 40.7 Å². The molecule has 0 atom stereocenters. The van der Waals surface area contributed by atoms with E-state index < -0.39 is 0 Å². The Kier molecular flexibility index (Phi) is 3.29. The van der Waals surface area contributed by atoms with E-state index in [2.05, 4.69) is 15.9 Å². The van der Waals surface area contributed by atoms with E-state index >= 15 is 0 Å². The van der Waals surface area contributed by atoms with Crippen molar-refractivity contribution < 1.29 is 0 Å². The summed E-state index contributed by atoms with van der Waals surface area (Å²) in [5.41, 5.74) is 1.12. The molecule has 0 aliphatic rings. The minimum Gasteiger partial charge on any atom is -0.127 e. The van der Waals surface area contributed by atoms with Crippen LogP contribution in [0.3, 0.4) is 0 Å². The van der Waals surface area contributed by atoms with Crippen LogP contribution >= 0.6 is 39.3 Å². The largest absolute Gasteiger partial charge is 0.127 e. The topological polar surface area (TPSA) is 0 Å². The SMILES string of the molecule is CSc1c(Br)ccc(C)c1Cl. The van der Waals surface area contributed by atoms with Gasteiger partial charge in [0.05, 0.1) is 5.02 Å². The number of hydrogen-bond acceptors (Lipinski definition) is 1. The molecular weight excluding hydrogens is 244 g/mol. The average Bonchev–Trinajstić information content (AvgIpc) is 1.99. The lowest BCUT2D eigenvalue weighted by Gasteiger charge is -2.05. The summed E-state index contributed by atoms with van der Waals surface area (Å²) >= 11 is 11.1. The monoisotopic (exact) mass is 250 g/mol. The zero-order valence-electron chi connectivity index (χ0n) is 6.32. The molecule has 1 aromatic carbocycles. The highest BCUT2D eigenvalue weighted by Crippen LogP contribution is 2.34. The lowest BCUT2D eigenvalue weighted by atomic mass is 10.2. The molecule has 0 unspecified atom stereocenters. The van der Waals surface area contributed by atoms with Gasteiger partial charge in [0.2, 0.25) is 0 Å². The van der Waals surface area contributed by atoms with Gasteiger partial charge in [0.25, 0.3) is 0 Å².